The summed E-state index contributed by atoms with van der Waals surface area (Å²) in [6.45, 7) is 4.62. The normalized spacial score (nSPS) is 11.7. The van der Waals surface area contributed by atoms with E-state index >= 15 is 0 Å². The predicted octanol–water partition coefficient (Wildman–Crippen LogP) is 1.62. The zero-order valence-electron chi connectivity index (χ0n) is 10.5. The van der Waals surface area contributed by atoms with Crippen LogP contribution in [0.1, 0.15) is 17.5 Å². The molecule has 0 bridgehead atoms. The third-order valence-corrected chi connectivity index (χ3v) is 4.05. The van der Waals surface area contributed by atoms with Gasteiger partial charge in [-0.3, -0.25) is 0 Å². The van der Waals surface area contributed by atoms with Crippen molar-refractivity contribution in [1.82, 2.24) is 4.72 Å². The first-order chi connectivity index (χ1) is 7.97. The number of aryl methyl sites for hydroxylation is 2. The molecule has 0 saturated heterocycles. The number of ether oxygens (including phenoxy) is 1. The third-order valence-electron chi connectivity index (χ3n) is 2.45. The number of benzene rings is 1. The molecule has 1 aromatic rings. The van der Waals surface area contributed by atoms with Gasteiger partial charge >= 0.3 is 0 Å². The summed E-state index contributed by atoms with van der Waals surface area (Å²) in [7, 11) is -1.80. The highest BCUT2D eigenvalue weighted by Gasteiger charge is 2.15. The van der Waals surface area contributed by atoms with Crippen LogP contribution in [0.25, 0.3) is 0 Å². The van der Waals surface area contributed by atoms with Gasteiger partial charge in [0.1, 0.15) is 0 Å². The average molecular weight is 257 g/mol. The first kappa shape index (κ1) is 14.2. The Bertz CT molecular complexity index is 469. The maximum atomic E-state index is 12.0. The predicted molar refractivity (Wildman–Crippen MR) is 67.6 cm³/mol. The van der Waals surface area contributed by atoms with Gasteiger partial charge in [-0.15, -0.1) is 0 Å². The minimum Gasteiger partial charge on any atom is -0.385 e. The lowest BCUT2D eigenvalue weighted by molar-refractivity contribution is 0.196. The minimum absolute atomic E-state index is 0.356. The molecule has 0 heterocycles. The standard InChI is InChI=1S/C12H19NO3S/c1-10-5-6-11(2)12(9-10)17(14,15)13-7-4-8-16-3/h5-6,9,13H,4,7-8H2,1-3H3. The fourth-order valence-electron chi connectivity index (χ4n) is 1.50. The summed E-state index contributed by atoms with van der Waals surface area (Å²) in [4.78, 5) is 0.356. The fraction of sp³-hybridized carbons (Fsp3) is 0.500. The number of hydrogen-bond acceptors (Lipinski definition) is 3. The van der Waals surface area contributed by atoms with Crippen LogP contribution in [0.4, 0.5) is 0 Å². The molecular formula is C12H19NO3S. The lowest BCUT2D eigenvalue weighted by Gasteiger charge is -2.09. The Labute approximate surface area is 103 Å². The second-order valence-corrected chi connectivity index (χ2v) is 5.75. The molecule has 0 spiro atoms. The lowest BCUT2D eigenvalue weighted by atomic mass is 10.2. The summed E-state index contributed by atoms with van der Waals surface area (Å²) in [5.74, 6) is 0. The molecule has 0 atom stereocenters. The first-order valence-electron chi connectivity index (χ1n) is 5.53. The monoisotopic (exact) mass is 257 g/mol. The maximum Gasteiger partial charge on any atom is 0.240 e. The van der Waals surface area contributed by atoms with E-state index in [0.29, 0.717) is 24.5 Å². The highest BCUT2D eigenvalue weighted by molar-refractivity contribution is 7.89. The van der Waals surface area contributed by atoms with Crippen LogP contribution in [0.2, 0.25) is 0 Å². The van der Waals surface area contributed by atoms with E-state index in [1.165, 1.54) is 0 Å². The maximum absolute atomic E-state index is 12.0. The van der Waals surface area contributed by atoms with Gasteiger partial charge in [-0.25, -0.2) is 13.1 Å². The number of hydrogen-bond donors (Lipinski definition) is 1. The molecule has 17 heavy (non-hydrogen) atoms. The van der Waals surface area contributed by atoms with Gasteiger partial charge in [0, 0.05) is 20.3 Å². The highest BCUT2D eigenvalue weighted by atomic mass is 32.2. The Kier molecular flexibility index (Phi) is 5.11. The molecule has 0 saturated carbocycles. The zero-order chi connectivity index (χ0) is 12.9. The van der Waals surface area contributed by atoms with Gasteiger partial charge < -0.3 is 4.74 Å². The topological polar surface area (TPSA) is 55.4 Å². The van der Waals surface area contributed by atoms with Gasteiger partial charge in [0.05, 0.1) is 4.90 Å². The molecule has 5 heteroatoms. The van der Waals surface area contributed by atoms with Crippen LogP contribution in [0.15, 0.2) is 23.1 Å². The fourth-order valence-corrected chi connectivity index (χ4v) is 2.90. The van der Waals surface area contributed by atoms with Crippen molar-refractivity contribution in [2.75, 3.05) is 20.3 Å². The summed E-state index contributed by atoms with van der Waals surface area (Å²) in [5.41, 5.74) is 1.70. The van der Waals surface area contributed by atoms with E-state index in [2.05, 4.69) is 4.72 Å². The van der Waals surface area contributed by atoms with Crippen molar-refractivity contribution in [2.45, 2.75) is 25.2 Å². The number of nitrogens with one attached hydrogen (secondary N) is 1. The SMILES string of the molecule is COCCCNS(=O)(=O)c1cc(C)ccc1C. The molecule has 1 aromatic carbocycles. The van der Waals surface area contributed by atoms with Crippen molar-refractivity contribution in [3.05, 3.63) is 29.3 Å². The second kappa shape index (κ2) is 6.14. The summed E-state index contributed by atoms with van der Waals surface area (Å²) < 4.78 is 31.5. The van der Waals surface area contributed by atoms with Crippen LogP contribution in [0, 0.1) is 13.8 Å². The van der Waals surface area contributed by atoms with Crippen molar-refractivity contribution in [3.63, 3.8) is 0 Å². The van der Waals surface area contributed by atoms with Crippen molar-refractivity contribution >= 4 is 10.0 Å². The molecule has 0 aliphatic rings. The minimum atomic E-state index is -3.40. The Morgan fingerprint density at radius 1 is 1.29 bits per heavy atom. The van der Waals surface area contributed by atoms with Gasteiger partial charge in [0.25, 0.3) is 0 Å². The number of methoxy groups -OCH3 is 1. The van der Waals surface area contributed by atoms with Gasteiger partial charge in [0.2, 0.25) is 10.0 Å². The lowest BCUT2D eigenvalue weighted by Crippen LogP contribution is -2.26. The quantitative estimate of drug-likeness (QED) is 0.788. The van der Waals surface area contributed by atoms with Crippen LogP contribution in [0.5, 0.6) is 0 Å². The number of rotatable bonds is 6. The molecule has 0 amide bonds. The van der Waals surface area contributed by atoms with Crippen LogP contribution < -0.4 is 4.72 Å². The smallest absolute Gasteiger partial charge is 0.240 e. The van der Waals surface area contributed by atoms with Crippen LogP contribution in [-0.2, 0) is 14.8 Å². The Morgan fingerprint density at radius 3 is 2.65 bits per heavy atom. The van der Waals surface area contributed by atoms with Crippen LogP contribution >= 0.6 is 0 Å². The average Bonchev–Trinajstić information content (AvgIpc) is 2.28. The largest absolute Gasteiger partial charge is 0.385 e. The van der Waals surface area contributed by atoms with E-state index in [4.69, 9.17) is 4.74 Å². The van der Waals surface area contributed by atoms with Crippen LogP contribution in [0.3, 0.4) is 0 Å². The molecule has 0 fully saturated rings. The van der Waals surface area contributed by atoms with Crippen molar-refractivity contribution < 1.29 is 13.2 Å². The first-order valence-corrected chi connectivity index (χ1v) is 7.01. The summed E-state index contributed by atoms with van der Waals surface area (Å²) in [5, 5.41) is 0. The van der Waals surface area contributed by atoms with Crippen LogP contribution in [-0.4, -0.2) is 28.7 Å². The molecular weight excluding hydrogens is 238 g/mol. The summed E-state index contributed by atoms with van der Waals surface area (Å²) in [6.07, 6.45) is 0.667. The van der Waals surface area contributed by atoms with E-state index in [1.807, 2.05) is 19.1 Å². The molecule has 0 aliphatic carbocycles. The zero-order valence-corrected chi connectivity index (χ0v) is 11.3. The third kappa shape index (κ3) is 4.11. The molecule has 0 radical (unpaired) electrons. The summed E-state index contributed by atoms with van der Waals surface area (Å²) in [6, 6.07) is 5.41. The van der Waals surface area contributed by atoms with E-state index in [9.17, 15) is 8.42 Å². The summed E-state index contributed by atoms with van der Waals surface area (Å²) >= 11 is 0. The number of sulfonamides is 1. The van der Waals surface area contributed by atoms with Gasteiger partial charge in [-0.1, -0.05) is 12.1 Å². The Balaban J connectivity index is 2.79. The van der Waals surface area contributed by atoms with Crippen molar-refractivity contribution in [3.8, 4) is 0 Å². The van der Waals surface area contributed by atoms with E-state index in [0.717, 1.165) is 11.1 Å². The van der Waals surface area contributed by atoms with Crippen molar-refractivity contribution in [2.24, 2.45) is 0 Å². The highest BCUT2D eigenvalue weighted by Crippen LogP contribution is 2.16. The Morgan fingerprint density at radius 2 is 2.00 bits per heavy atom. The van der Waals surface area contributed by atoms with Gasteiger partial charge in [-0.2, -0.15) is 0 Å². The Hall–Kier alpha value is -0.910. The van der Waals surface area contributed by atoms with Gasteiger partial charge in [-0.05, 0) is 37.5 Å². The molecule has 4 nitrogen and oxygen atoms in total. The molecule has 1 N–H and O–H groups in total. The molecule has 1 rings (SSSR count). The second-order valence-electron chi connectivity index (χ2n) is 4.01. The van der Waals surface area contributed by atoms with Crippen molar-refractivity contribution in [1.29, 1.82) is 0 Å². The van der Waals surface area contributed by atoms with E-state index < -0.39 is 10.0 Å². The molecule has 96 valence electrons. The van der Waals surface area contributed by atoms with E-state index in [1.54, 1.807) is 20.1 Å². The molecule has 0 unspecified atom stereocenters. The molecule has 0 aromatic heterocycles. The van der Waals surface area contributed by atoms with Gasteiger partial charge in [0.15, 0.2) is 0 Å². The van der Waals surface area contributed by atoms with E-state index in [-0.39, 0.29) is 0 Å². The molecule has 0 aliphatic heterocycles.